The number of rotatable bonds is 8. The van der Waals surface area contributed by atoms with Crippen LogP contribution < -0.4 is 10.2 Å². The summed E-state index contributed by atoms with van der Waals surface area (Å²) in [7, 11) is 0. The average Bonchev–Trinajstić information content (AvgIpc) is 2.70. The largest absolute Gasteiger partial charge is 0.379 e. The number of fused-ring (bicyclic) bond motifs is 1. The van der Waals surface area contributed by atoms with Crippen LogP contribution in [0.2, 0.25) is 5.02 Å². The molecule has 0 aliphatic carbocycles. The standard InChI is InChI=1S/C23H25ClN2O3S/c1-16(2)29-12-6-11-25-22(27)15-26-19-9-3-4-10-20(19)30-21(23(26)28)14-17-7-5-8-18(24)13-17/h3-5,7-10,13-14,16H,6,11-12,15H2,1-2H3,(H,25,27)/b21-14-. The number of nitrogens with zero attached hydrogens (tertiary/aromatic N) is 1. The molecule has 0 saturated carbocycles. The maximum absolute atomic E-state index is 13.2. The van der Waals surface area contributed by atoms with Gasteiger partial charge in [-0.1, -0.05) is 47.6 Å². The molecular weight excluding hydrogens is 420 g/mol. The third-order valence-electron chi connectivity index (χ3n) is 4.37. The molecule has 7 heteroatoms. The number of para-hydroxylation sites is 1. The Hall–Kier alpha value is -2.28. The topological polar surface area (TPSA) is 58.6 Å². The van der Waals surface area contributed by atoms with Crippen molar-refractivity contribution in [3.8, 4) is 0 Å². The summed E-state index contributed by atoms with van der Waals surface area (Å²) < 4.78 is 5.48. The van der Waals surface area contributed by atoms with Crippen molar-refractivity contribution in [1.29, 1.82) is 0 Å². The van der Waals surface area contributed by atoms with E-state index in [1.165, 1.54) is 16.7 Å². The third kappa shape index (κ3) is 6.11. The predicted molar refractivity (Wildman–Crippen MR) is 123 cm³/mol. The van der Waals surface area contributed by atoms with E-state index in [1.807, 2.05) is 56.3 Å². The Kier molecular flexibility index (Phi) is 7.96. The second-order valence-electron chi connectivity index (χ2n) is 7.15. The summed E-state index contributed by atoms with van der Waals surface area (Å²) in [6.07, 6.45) is 2.71. The molecule has 2 aromatic carbocycles. The van der Waals surface area contributed by atoms with Crippen molar-refractivity contribution >= 4 is 46.9 Å². The second-order valence-corrected chi connectivity index (χ2v) is 8.67. The van der Waals surface area contributed by atoms with Crippen molar-refractivity contribution in [2.45, 2.75) is 31.3 Å². The number of anilines is 1. The molecule has 0 unspecified atom stereocenters. The van der Waals surface area contributed by atoms with Crippen LogP contribution in [-0.2, 0) is 14.3 Å². The summed E-state index contributed by atoms with van der Waals surface area (Å²) in [4.78, 5) is 28.7. The summed E-state index contributed by atoms with van der Waals surface area (Å²) in [6.45, 7) is 5.02. The SMILES string of the molecule is CC(C)OCCCNC(=O)CN1C(=O)/C(=C/c2cccc(Cl)c2)Sc2ccccc21. The Morgan fingerprint density at radius 1 is 1.23 bits per heavy atom. The fraction of sp³-hybridized carbons (Fsp3) is 0.304. The van der Waals surface area contributed by atoms with Gasteiger partial charge >= 0.3 is 0 Å². The molecule has 158 valence electrons. The lowest BCUT2D eigenvalue weighted by Crippen LogP contribution is -2.43. The van der Waals surface area contributed by atoms with Crippen molar-refractivity contribution < 1.29 is 14.3 Å². The van der Waals surface area contributed by atoms with Crippen LogP contribution in [0.1, 0.15) is 25.8 Å². The van der Waals surface area contributed by atoms with Gasteiger partial charge in [0.25, 0.3) is 5.91 Å². The van der Waals surface area contributed by atoms with Gasteiger partial charge in [-0.15, -0.1) is 0 Å². The van der Waals surface area contributed by atoms with E-state index in [4.69, 9.17) is 16.3 Å². The zero-order valence-corrected chi connectivity index (χ0v) is 18.6. The van der Waals surface area contributed by atoms with Crippen LogP contribution in [0.5, 0.6) is 0 Å². The van der Waals surface area contributed by atoms with Gasteiger partial charge in [0.05, 0.1) is 16.7 Å². The van der Waals surface area contributed by atoms with Crippen LogP contribution in [-0.4, -0.2) is 37.6 Å². The summed E-state index contributed by atoms with van der Waals surface area (Å²) in [5.74, 6) is -0.395. The smallest absolute Gasteiger partial charge is 0.265 e. The van der Waals surface area contributed by atoms with Crippen molar-refractivity contribution in [2.24, 2.45) is 0 Å². The van der Waals surface area contributed by atoms with Gasteiger partial charge in [0.15, 0.2) is 0 Å². The van der Waals surface area contributed by atoms with E-state index in [1.54, 1.807) is 12.1 Å². The number of thioether (sulfide) groups is 1. The fourth-order valence-corrected chi connectivity index (χ4v) is 4.24. The number of hydrogen-bond acceptors (Lipinski definition) is 4. The molecule has 3 rings (SSSR count). The normalized spacial score (nSPS) is 14.9. The molecule has 2 amide bonds. The maximum Gasteiger partial charge on any atom is 0.265 e. The van der Waals surface area contributed by atoms with Gasteiger partial charge in [-0.3, -0.25) is 14.5 Å². The highest BCUT2D eigenvalue weighted by atomic mass is 35.5. The van der Waals surface area contributed by atoms with E-state index in [-0.39, 0.29) is 24.5 Å². The molecule has 0 atom stereocenters. The molecule has 1 aliphatic rings. The number of carbonyl (C=O) groups is 2. The number of nitrogens with one attached hydrogen (secondary N) is 1. The molecule has 0 saturated heterocycles. The monoisotopic (exact) mass is 444 g/mol. The van der Waals surface area contributed by atoms with Gasteiger partial charge in [-0.25, -0.2) is 0 Å². The van der Waals surface area contributed by atoms with Crippen molar-refractivity contribution in [1.82, 2.24) is 5.32 Å². The minimum Gasteiger partial charge on any atom is -0.379 e. The number of amides is 2. The number of benzene rings is 2. The molecule has 1 N–H and O–H groups in total. The molecule has 2 aromatic rings. The first-order chi connectivity index (χ1) is 14.4. The first-order valence-electron chi connectivity index (χ1n) is 9.88. The Morgan fingerprint density at radius 3 is 2.80 bits per heavy atom. The fourth-order valence-electron chi connectivity index (χ4n) is 2.99. The molecule has 0 aromatic heterocycles. The van der Waals surface area contributed by atoms with Crippen LogP contribution in [0.4, 0.5) is 5.69 Å². The molecule has 0 radical (unpaired) electrons. The zero-order chi connectivity index (χ0) is 21.5. The number of hydrogen-bond donors (Lipinski definition) is 1. The van der Waals surface area contributed by atoms with Crippen molar-refractivity contribution in [3.05, 3.63) is 64.0 Å². The molecule has 1 heterocycles. The number of carbonyl (C=O) groups excluding carboxylic acids is 2. The van der Waals surface area contributed by atoms with Crippen LogP contribution >= 0.6 is 23.4 Å². The quantitative estimate of drug-likeness (QED) is 0.471. The summed E-state index contributed by atoms with van der Waals surface area (Å²) in [6, 6.07) is 14.9. The summed E-state index contributed by atoms with van der Waals surface area (Å²) >= 11 is 7.47. The first kappa shape index (κ1) is 22.4. The van der Waals surface area contributed by atoms with Gasteiger partial charge in [0, 0.05) is 23.1 Å². The Balaban J connectivity index is 1.72. The molecule has 1 aliphatic heterocycles. The van der Waals surface area contributed by atoms with E-state index in [0.29, 0.717) is 23.1 Å². The molecule has 0 fully saturated rings. The zero-order valence-electron chi connectivity index (χ0n) is 17.1. The Bertz CT molecular complexity index is 946. The molecule has 0 bridgehead atoms. The van der Waals surface area contributed by atoms with E-state index in [2.05, 4.69) is 5.32 Å². The molecule has 30 heavy (non-hydrogen) atoms. The van der Waals surface area contributed by atoms with Gasteiger partial charge < -0.3 is 10.1 Å². The van der Waals surface area contributed by atoms with Crippen LogP contribution in [0, 0.1) is 0 Å². The average molecular weight is 445 g/mol. The van der Waals surface area contributed by atoms with Crippen LogP contribution in [0.25, 0.3) is 6.08 Å². The Morgan fingerprint density at radius 2 is 2.03 bits per heavy atom. The van der Waals surface area contributed by atoms with Gasteiger partial charge in [-0.2, -0.15) is 0 Å². The minimum absolute atomic E-state index is 0.0334. The summed E-state index contributed by atoms with van der Waals surface area (Å²) in [5, 5.41) is 3.48. The van der Waals surface area contributed by atoms with Crippen molar-refractivity contribution in [3.63, 3.8) is 0 Å². The third-order valence-corrected chi connectivity index (χ3v) is 5.69. The van der Waals surface area contributed by atoms with E-state index < -0.39 is 0 Å². The summed E-state index contributed by atoms with van der Waals surface area (Å²) in [5.41, 5.74) is 1.58. The van der Waals surface area contributed by atoms with E-state index >= 15 is 0 Å². The lowest BCUT2D eigenvalue weighted by molar-refractivity contribution is -0.122. The highest BCUT2D eigenvalue weighted by Gasteiger charge is 2.30. The highest BCUT2D eigenvalue weighted by Crippen LogP contribution is 2.41. The first-order valence-corrected chi connectivity index (χ1v) is 11.1. The van der Waals surface area contributed by atoms with E-state index in [0.717, 1.165) is 22.6 Å². The number of halogens is 1. The lowest BCUT2D eigenvalue weighted by Gasteiger charge is -2.29. The van der Waals surface area contributed by atoms with E-state index in [9.17, 15) is 9.59 Å². The van der Waals surface area contributed by atoms with Crippen LogP contribution in [0.15, 0.2) is 58.3 Å². The predicted octanol–water partition coefficient (Wildman–Crippen LogP) is 4.75. The second kappa shape index (κ2) is 10.7. The highest BCUT2D eigenvalue weighted by molar-refractivity contribution is 8.04. The van der Waals surface area contributed by atoms with Crippen LogP contribution in [0.3, 0.4) is 0 Å². The number of ether oxygens (including phenoxy) is 1. The maximum atomic E-state index is 13.2. The lowest BCUT2D eigenvalue weighted by atomic mass is 10.2. The molecule has 0 spiro atoms. The Labute approximate surface area is 186 Å². The molecular formula is C23H25ClN2O3S. The van der Waals surface area contributed by atoms with Crippen molar-refractivity contribution in [2.75, 3.05) is 24.6 Å². The van der Waals surface area contributed by atoms with Gasteiger partial charge in [-0.05, 0) is 56.2 Å². The van der Waals surface area contributed by atoms with Gasteiger partial charge in [0.2, 0.25) is 5.91 Å². The molecule has 5 nitrogen and oxygen atoms in total. The minimum atomic E-state index is -0.197. The van der Waals surface area contributed by atoms with Gasteiger partial charge in [0.1, 0.15) is 6.54 Å².